The number of hydrogen-bond acceptors (Lipinski definition) is 4. The number of benzene rings is 1. The lowest BCUT2D eigenvalue weighted by Gasteiger charge is -2.22. The maximum Gasteiger partial charge on any atom is 0.293 e. The number of aryl methyl sites for hydroxylation is 1. The van der Waals surface area contributed by atoms with Gasteiger partial charge in [0.05, 0.1) is 0 Å². The van der Waals surface area contributed by atoms with Gasteiger partial charge in [-0.2, -0.15) is 0 Å². The summed E-state index contributed by atoms with van der Waals surface area (Å²) in [4.78, 5) is 18.3. The molecule has 0 saturated carbocycles. The van der Waals surface area contributed by atoms with Crippen LogP contribution in [0.3, 0.4) is 0 Å². The van der Waals surface area contributed by atoms with Crippen LogP contribution in [-0.2, 0) is 20.1 Å². The van der Waals surface area contributed by atoms with Crippen molar-refractivity contribution in [3.05, 3.63) is 58.1 Å². The minimum atomic E-state index is -0.0837. The van der Waals surface area contributed by atoms with Crippen molar-refractivity contribution in [1.82, 2.24) is 9.55 Å². The lowest BCUT2D eigenvalue weighted by atomic mass is 10.1. The van der Waals surface area contributed by atoms with E-state index in [4.69, 9.17) is 5.73 Å². The van der Waals surface area contributed by atoms with Crippen LogP contribution in [-0.4, -0.2) is 16.1 Å². The predicted molar refractivity (Wildman–Crippen MR) is 80.5 cm³/mol. The summed E-state index contributed by atoms with van der Waals surface area (Å²) in [7, 11) is 1.73. The Kier molecular flexibility index (Phi) is 4.53. The van der Waals surface area contributed by atoms with E-state index in [0.29, 0.717) is 25.5 Å². The molecule has 0 aliphatic carbocycles. The average Bonchev–Trinajstić information content (AvgIpc) is 2.48. The van der Waals surface area contributed by atoms with Gasteiger partial charge in [-0.25, -0.2) is 4.98 Å². The zero-order valence-corrected chi connectivity index (χ0v) is 11.9. The number of nitrogens with two attached hydrogens (primary N) is 1. The quantitative estimate of drug-likeness (QED) is 0.890. The highest BCUT2D eigenvalue weighted by Crippen LogP contribution is 2.14. The van der Waals surface area contributed by atoms with Crippen LogP contribution in [0.15, 0.2) is 41.5 Å². The first kappa shape index (κ1) is 14.3. The number of aromatic nitrogens is 2. The molecule has 0 aliphatic rings. The Morgan fingerprint density at radius 2 is 2.00 bits per heavy atom. The van der Waals surface area contributed by atoms with Gasteiger partial charge < -0.3 is 15.2 Å². The zero-order chi connectivity index (χ0) is 14.5. The molecular weight excluding hydrogens is 252 g/mol. The summed E-state index contributed by atoms with van der Waals surface area (Å²) in [5.41, 5.74) is 7.90. The minimum absolute atomic E-state index is 0.0837. The Bertz CT molecular complexity index is 636. The van der Waals surface area contributed by atoms with E-state index in [1.165, 1.54) is 0 Å². The largest absolute Gasteiger partial charge is 0.348 e. The summed E-state index contributed by atoms with van der Waals surface area (Å²) in [6.07, 6.45) is 3.31. The van der Waals surface area contributed by atoms with Crippen molar-refractivity contribution in [3.8, 4) is 0 Å². The Morgan fingerprint density at radius 3 is 2.65 bits per heavy atom. The van der Waals surface area contributed by atoms with Crippen LogP contribution >= 0.6 is 0 Å². The number of anilines is 1. The van der Waals surface area contributed by atoms with Gasteiger partial charge in [-0.05, 0) is 18.1 Å². The molecule has 0 amide bonds. The standard InChI is InChI=1S/C15H20N4O/c1-3-19(14-15(20)18(2)9-8-17-14)11-13-7-5-4-6-12(13)10-16/h4-9H,3,10-11,16H2,1-2H3. The van der Waals surface area contributed by atoms with Gasteiger partial charge in [0.15, 0.2) is 5.82 Å². The van der Waals surface area contributed by atoms with Crippen molar-refractivity contribution in [2.45, 2.75) is 20.0 Å². The average molecular weight is 272 g/mol. The third-order valence-corrected chi connectivity index (χ3v) is 3.38. The molecule has 2 aromatic rings. The van der Waals surface area contributed by atoms with Gasteiger partial charge in [-0.3, -0.25) is 4.79 Å². The molecule has 2 rings (SSSR count). The van der Waals surface area contributed by atoms with Crippen LogP contribution in [0, 0.1) is 0 Å². The maximum absolute atomic E-state index is 12.1. The van der Waals surface area contributed by atoms with Crippen LogP contribution in [0.4, 0.5) is 5.82 Å². The third-order valence-electron chi connectivity index (χ3n) is 3.38. The van der Waals surface area contributed by atoms with Crippen LogP contribution in [0.5, 0.6) is 0 Å². The van der Waals surface area contributed by atoms with Crippen molar-refractivity contribution in [2.24, 2.45) is 12.8 Å². The minimum Gasteiger partial charge on any atom is -0.348 e. The molecule has 0 atom stereocenters. The summed E-state index contributed by atoms with van der Waals surface area (Å²) in [5, 5.41) is 0. The highest BCUT2D eigenvalue weighted by molar-refractivity contribution is 5.39. The molecule has 1 aromatic carbocycles. The Labute approximate surface area is 118 Å². The molecule has 0 fully saturated rings. The highest BCUT2D eigenvalue weighted by Gasteiger charge is 2.13. The van der Waals surface area contributed by atoms with E-state index in [9.17, 15) is 4.79 Å². The topological polar surface area (TPSA) is 64.2 Å². The van der Waals surface area contributed by atoms with Crippen molar-refractivity contribution < 1.29 is 0 Å². The number of rotatable bonds is 5. The van der Waals surface area contributed by atoms with Gasteiger partial charge in [0.25, 0.3) is 5.56 Å². The van der Waals surface area contributed by atoms with Gasteiger partial charge in [0.2, 0.25) is 0 Å². The van der Waals surface area contributed by atoms with Gasteiger partial charge in [-0.15, -0.1) is 0 Å². The Hall–Kier alpha value is -2.14. The molecule has 0 spiro atoms. The van der Waals surface area contributed by atoms with E-state index in [-0.39, 0.29) is 5.56 Å². The second kappa shape index (κ2) is 6.34. The number of hydrogen-bond donors (Lipinski definition) is 1. The fraction of sp³-hybridized carbons (Fsp3) is 0.333. The lowest BCUT2D eigenvalue weighted by molar-refractivity contribution is 0.760. The highest BCUT2D eigenvalue weighted by atomic mass is 16.1. The molecule has 20 heavy (non-hydrogen) atoms. The first-order valence-electron chi connectivity index (χ1n) is 6.70. The first-order chi connectivity index (χ1) is 9.67. The molecule has 0 saturated heterocycles. The van der Waals surface area contributed by atoms with Crippen molar-refractivity contribution in [3.63, 3.8) is 0 Å². The van der Waals surface area contributed by atoms with Gasteiger partial charge in [0.1, 0.15) is 0 Å². The smallest absolute Gasteiger partial charge is 0.293 e. The summed E-state index contributed by atoms with van der Waals surface area (Å²) in [6, 6.07) is 8.01. The SMILES string of the molecule is CCN(Cc1ccccc1CN)c1nccn(C)c1=O. The first-order valence-corrected chi connectivity index (χ1v) is 6.70. The molecule has 106 valence electrons. The summed E-state index contributed by atoms with van der Waals surface area (Å²) in [6.45, 7) is 3.86. The van der Waals surface area contributed by atoms with Crippen molar-refractivity contribution in [1.29, 1.82) is 0 Å². The van der Waals surface area contributed by atoms with E-state index >= 15 is 0 Å². The predicted octanol–water partition coefficient (Wildman–Crippen LogP) is 1.27. The molecule has 0 aliphatic heterocycles. The fourth-order valence-corrected chi connectivity index (χ4v) is 2.15. The normalized spacial score (nSPS) is 10.6. The van der Waals surface area contributed by atoms with Gasteiger partial charge in [-0.1, -0.05) is 24.3 Å². The van der Waals surface area contributed by atoms with Crippen molar-refractivity contribution >= 4 is 5.82 Å². The van der Waals surface area contributed by atoms with Gasteiger partial charge >= 0.3 is 0 Å². The Balaban J connectivity index is 2.34. The molecule has 1 aromatic heterocycles. The van der Waals surface area contributed by atoms with Crippen molar-refractivity contribution in [2.75, 3.05) is 11.4 Å². The molecule has 0 radical (unpaired) electrons. The van der Waals surface area contributed by atoms with Crippen LogP contribution in [0.1, 0.15) is 18.1 Å². The summed E-state index contributed by atoms with van der Waals surface area (Å²) in [5.74, 6) is 0.476. The molecule has 5 heteroatoms. The van der Waals surface area contributed by atoms with E-state index in [1.54, 1.807) is 24.0 Å². The second-order valence-corrected chi connectivity index (χ2v) is 4.65. The fourth-order valence-electron chi connectivity index (χ4n) is 2.15. The Morgan fingerprint density at radius 1 is 1.30 bits per heavy atom. The van der Waals surface area contributed by atoms with E-state index < -0.39 is 0 Å². The lowest BCUT2D eigenvalue weighted by Crippen LogP contribution is -2.32. The van der Waals surface area contributed by atoms with E-state index in [0.717, 1.165) is 11.1 Å². The van der Waals surface area contributed by atoms with E-state index in [1.807, 2.05) is 36.1 Å². The zero-order valence-electron chi connectivity index (χ0n) is 11.9. The molecular formula is C15H20N4O. The molecule has 1 heterocycles. The molecule has 5 nitrogen and oxygen atoms in total. The van der Waals surface area contributed by atoms with Crippen LogP contribution < -0.4 is 16.2 Å². The number of nitrogens with zero attached hydrogens (tertiary/aromatic N) is 3. The molecule has 0 unspecified atom stereocenters. The third kappa shape index (κ3) is 2.88. The summed E-state index contributed by atoms with van der Waals surface area (Å²) < 4.78 is 1.54. The second-order valence-electron chi connectivity index (χ2n) is 4.65. The summed E-state index contributed by atoms with van der Waals surface area (Å²) >= 11 is 0. The van der Waals surface area contributed by atoms with E-state index in [2.05, 4.69) is 4.98 Å². The maximum atomic E-state index is 12.1. The molecule has 2 N–H and O–H groups in total. The van der Waals surface area contributed by atoms with Crippen LogP contribution in [0.2, 0.25) is 0 Å². The monoisotopic (exact) mass is 272 g/mol. The molecule has 0 bridgehead atoms. The van der Waals surface area contributed by atoms with Crippen LogP contribution in [0.25, 0.3) is 0 Å². The van der Waals surface area contributed by atoms with Gasteiger partial charge in [0, 0.05) is 39.1 Å².